The molecule has 0 saturated heterocycles. The minimum Gasteiger partial charge on any atom is -0.466 e. The second kappa shape index (κ2) is 13.0. The lowest BCUT2D eigenvalue weighted by molar-refractivity contribution is -0.143. The third kappa shape index (κ3) is 6.78. The van der Waals surface area contributed by atoms with Gasteiger partial charge in [-0.05, 0) is 72.9 Å². The molecule has 3 aliphatic heterocycles. The average molecular weight is 523 g/mol. The summed E-state index contributed by atoms with van der Waals surface area (Å²) in [6, 6.07) is 10.4. The number of carbonyl (C=O) groups excluding carboxylic acids is 2. The quantitative estimate of drug-likeness (QED) is 0.402. The Kier molecular flexibility index (Phi) is 9.50. The van der Waals surface area contributed by atoms with E-state index in [0.717, 1.165) is 53.7 Å². The molecule has 0 fully saturated rings. The summed E-state index contributed by atoms with van der Waals surface area (Å²) in [5, 5.41) is 6.53. The lowest BCUT2D eigenvalue weighted by Gasteiger charge is -2.30. The summed E-state index contributed by atoms with van der Waals surface area (Å²) < 4.78 is 11.2. The molecule has 2 unspecified atom stereocenters. The van der Waals surface area contributed by atoms with Crippen molar-refractivity contribution in [3.05, 3.63) is 58.1 Å². The second-order valence-electron chi connectivity index (χ2n) is 10.5. The van der Waals surface area contributed by atoms with E-state index in [0.29, 0.717) is 51.1 Å². The van der Waals surface area contributed by atoms with E-state index in [9.17, 15) is 9.59 Å². The summed E-state index contributed by atoms with van der Waals surface area (Å²) in [6.07, 6.45) is 2.76. The zero-order valence-electron chi connectivity index (χ0n) is 23.0. The number of benzene rings is 2. The maximum Gasteiger partial charge on any atom is 0.317 e. The molecular weight excluding hydrogens is 480 g/mol. The number of nitrogens with one attached hydrogen (secondary N) is 2. The summed E-state index contributed by atoms with van der Waals surface area (Å²) in [6.45, 7) is 10.3. The van der Waals surface area contributed by atoms with Crippen molar-refractivity contribution in [3.8, 4) is 0 Å². The van der Waals surface area contributed by atoms with Crippen LogP contribution in [0.15, 0.2) is 30.3 Å². The smallest absolute Gasteiger partial charge is 0.317 e. The predicted molar refractivity (Wildman–Crippen MR) is 150 cm³/mol. The van der Waals surface area contributed by atoms with Crippen LogP contribution in [-0.4, -0.2) is 56.4 Å². The molecule has 0 radical (unpaired) electrons. The average Bonchev–Trinajstić information content (AvgIpc) is 2.91. The highest BCUT2D eigenvalue weighted by Crippen LogP contribution is 2.37. The minimum atomic E-state index is -0.240. The second-order valence-corrected chi connectivity index (χ2v) is 10.5. The van der Waals surface area contributed by atoms with Gasteiger partial charge < -0.3 is 30.7 Å². The van der Waals surface area contributed by atoms with Crippen LogP contribution in [0.3, 0.4) is 0 Å². The first kappa shape index (κ1) is 27.8. The van der Waals surface area contributed by atoms with Gasteiger partial charge in [0.25, 0.3) is 0 Å². The SMILES string of the molecule is CCOC(=O)CC1c2ccc3c(c2)CN(CC3)C(=O)NCCC(C)COCCCNc2ccc1c(C)c2N. The number of nitrogen functional groups attached to an aromatic ring is 1. The summed E-state index contributed by atoms with van der Waals surface area (Å²) in [4.78, 5) is 27.5. The summed E-state index contributed by atoms with van der Waals surface area (Å²) in [5.41, 5.74) is 13.5. The van der Waals surface area contributed by atoms with Crippen LogP contribution in [0.2, 0.25) is 0 Å². The fourth-order valence-corrected chi connectivity index (χ4v) is 5.34. The standard InChI is InChI=1S/C30H42N4O4/c1-4-38-28(35)17-26-23-7-6-22-11-14-34(18-24(22)16-23)30(36)33-13-10-20(2)19-37-15-5-12-32-27-9-8-25(26)21(3)29(27)31/h6-9,16,20,26,32H,4-5,10-15,17-19,31H2,1-3H3,(H,33,36). The van der Waals surface area contributed by atoms with Crippen molar-refractivity contribution in [2.24, 2.45) is 5.92 Å². The van der Waals surface area contributed by atoms with Crippen molar-refractivity contribution < 1.29 is 19.1 Å². The Hall–Kier alpha value is -3.26. The van der Waals surface area contributed by atoms with E-state index >= 15 is 0 Å². The molecule has 5 rings (SSSR count). The number of urea groups is 1. The fourth-order valence-electron chi connectivity index (χ4n) is 5.34. The maximum absolute atomic E-state index is 12.9. The van der Waals surface area contributed by atoms with Gasteiger partial charge in [-0.2, -0.15) is 0 Å². The minimum absolute atomic E-state index is 0.0339. The Morgan fingerprint density at radius 2 is 2.03 bits per heavy atom. The molecule has 206 valence electrons. The van der Waals surface area contributed by atoms with Crippen LogP contribution in [0.4, 0.5) is 16.2 Å². The molecule has 2 amide bonds. The number of amides is 2. The van der Waals surface area contributed by atoms with Crippen molar-refractivity contribution in [1.82, 2.24) is 10.2 Å². The predicted octanol–water partition coefficient (Wildman–Crippen LogP) is 4.59. The van der Waals surface area contributed by atoms with Crippen LogP contribution in [0.1, 0.15) is 66.8 Å². The van der Waals surface area contributed by atoms with Crippen LogP contribution in [-0.2, 0) is 27.2 Å². The molecule has 38 heavy (non-hydrogen) atoms. The van der Waals surface area contributed by atoms with Crippen molar-refractivity contribution in [2.75, 3.05) is 50.5 Å². The van der Waals surface area contributed by atoms with Gasteiger partial charge in [-0.3, -0.25) is 4.79 Å². The molecule has 4 N–H and O–H groups in total. The van der Waals surface area contributed by atoms with Gasteiger partial charge in [0.1, 0.15) is 0 Å². The Balaban J connectivity index is 1.69. The first-order chi connectivity index (χ1) is 18.4. The molecule has 2 atom stereocenters. The third-order valence-electron chi connectivity index (χ3n) is 7.64. The molecule has 8 heteroatoms. The van der Waals surface area contributed by atoms with Crippen LogP contribution in [0.25, 0.3) is 0 Å². The maximum atomic E-state index is 12.9. The largest absolute Gasteiger partial charge is 0.466 e. The first-order valence-corrected chi connectivity index (χ1v) is 13.9. The normalized spacial score (nSPS) is 20.8. The number of nitrogens with zero attached hydrogens (tertiary/aromatic N) is 1. The number of carbonyl (C=O) groups is 2. The van der Waals surface area contributed by atoms with E-state index < -0.39 is 0 Å². The molecule has 8 nitrogen and oxygen atoms in total. The van der Waals surface area contributed by atoms with E-state index in [2.05, 4.69) is 41.8 Å². The third-order valence-corrected chi connectivity index (χ3v) is 7.64. The topological polar surface area (TPSA) is 106 Å². The zero-order chi connectivity index (χ0) is 27.1. The summed E-state index contributed by atoms with van der Waals surface area (Å²) >= 11 is 0. The van der Waals surface area contributed by atoms with Crippen molar-refractivity contribution in [1.29, 1.82) is 0 Å². The van der Waals surface area contributed by atoms with Crippen molar-refractivity contribution in [2.45, 2.75) is 58.9 Å². The lowest BCUT2D eigenvalue weighted by atomic mass is 9.83. The zero-order valence-corrected chi connectivity index (χ0v) is 23.0. The summed E-state index contributed by atoms with van der Waals surface area (Å²) in [5.74, 6) is -0.0794. The molecule has 0 saturated carbocycles. The van der Waals surface area contributed by atoms with E-state index in [1.807, 2.05) is 24.8 Å². The number of nitrogens with two attached hydrogens (primary N) is 1. The number of hydrogen-bond donors (Lipinski definition) is 3. The van der Waals surface area contributed by atoms with Gasteiger partial charge in [0, 0.05) is 45.3 Å². The Labute approximate surface area is 226 Å². The van der Waals surface area contributed by atoms with Crippen LogP contribution in [0, 0.1) is 12.8 Å². The molecule has 0 spiro atoms. The highest BCUT2D eigenvalue weighted by Gasteiger charge is 2.26. The highest BCUT2D eigenvalue weighted by atomic mass is 16.5. The molecule has 0 aromatic heterocycles. The van der Waals surface area contributed by atoms with Gasteiger partial charge in [-0.25, -0.2) is 4.79 Å². The van der Waals surface area contributed by atoms with Gasteiger partial charge in [0.2, 0.25) is 0 Å². The lowest BCUT2D eigenvalue weighted by Crippen LogP contribution is -2.43. The Morgan fingerprint density at radius 1 is 1.18 bits per heavy atom. The van der Waals surface area contributed by atoms with E-state index in [-0.39, 0.29) is 24.3 Å². The number of rotatable bonds is 3. The van der Waals surface area contributed by atoms with Gasteiger partial charge >= 0.3 is 12.0 Å². The Morgan fingerprint density at radius 3 is 2.84 bits per heavy atom. The van der Waals surface area contributed by atoms with Crippen molar-refractivity contribution in [3.63, 3.8) is 0 Å². The van der Waals surface area contributed by atoms with Gasteiger partial charge in [-0.15, -0.1) is 0 Å². The number of esters is 1. The molecular formula is C30H42N4O4. The fraction of sp³-hybridized carbons (Fsp3) is 0.533. The monoisotopic (exact) mass is 522 g/mol. The van der Waals surface area contributed by atoms with Gasteiger partial charge in [-0.1, -0.05) is 31.2 Å². The van der Waals surface area contributed by atoms with E-state index in [4.69, 9.17) is 15.2 Å². The van der Waals surface area contributed by atoms with E-state index in [1.54, 1.807) is 0 Å². The molecule has 5 bridgehead atoms. The van der Waals surface area contributed by atoms with Crippen LogP contribution < -0.4 is 16.4 Å². The molecule has 0 aliphatic carbocycles. The molecule has 3 aliphatic rings. The molecule has 2 aromatic rings. The van der Waals surface area contributed by atoms with Crippen LogP contribution >= 0.6 is 0 Å². The number of fused-ring (bicyclic) bond motifs is 12. The van der Waals surface area contributed by atoms with Gasteiger partial charge in [0.15, 0.2) is 0 Å². The molecule has 2 aromatic carbocycles. The van der Waals surface area contributed by atoms with Crippen molar-refractivity contribution >= 4 is 23.4 Å². The highest BCUT2D eigenvalue weighted by molar-refractivity contribution is 5.76. The summed E-state index contributed by atoms with van der Waals surface area (Å²) in [7, 11) is 0. The van der Waals surface area contributed by atoms with Gasteiger partial charge in [0.05, 0.1) is 24.4 Å². The molecule has 3 heterocycles. The number of anilines is 2. The van der Waals surface area contributed by atoms with E-state index in [1.165, 1.54) is 5.56 Å². The number of ether oxygens (including phenoxy) is 2. The first-order valence-electron chi connectivity index (χ1n) is 13.9. The Bertz CT molecular complexity index is 1140. The van der Waals surface area contributed by atoms with Crippen LogP contribution in [0.5, 0.6) is 0 Å². The number of hydrogen-bond acceptors (Lipinski definition) is 6.